The van der Waals surface area contributed by atoms with E-state index in [1.807, 2.05) is 6.92 Å². The predicted molar refractivity (Wildman–Crippen MR) is 58.6 cm³/mol. The van der Waals surface area contributed by atoms with E-state index in [0.717, 1.165) is 4.90 Å². The molecule has 0 N–H and O–H groups in total. The van der Waals surface area contributed by atoms with Gasteiger partial charge in [0.25, 0.3) is 5.69 Å². The Hall–Kier alpha value is -1.54. The maximum absolute atomic E-state index is 10.4. The maximum Gasteiger partial charge on any atom is 0.269 e. The summed E-state index contributed by atoms with van der Waals surface area (Å²) in [6.07, 6.45) is 0.474. The number of rotatable bonds is 4. The van der Waals surface area contributed by atoms with Crippen LogP contribution in [-0.2, 0) is 0 Å². The summed E-state index contributed by atoms with van der Waals surface area (Å²) in [6, 6.07) is 8.45. The highest BCUT2D eigenvalue weighted by Gasteiger charge is 2.07. The first kappa shape index (κ1) is 11.5. The van der Waals surface area contributed by atoms with Gasteiger partial charge in [-0.3, -0.25) is 10.1 Å². The topological polar surface area (TPSA) is 66.9 Å². The molecule has 4 nitrogen and oxygen atoms in total. The van der Waals surface area contributed by atoms with E-state index in [9.17, 15) is 10.1 Å². The third kappa shape index (κ3) is 3.60. The zero-order chi connectivity index (χ0) is 11.3. The van der Waals surface area contributed by atoms with E-state index in [1.165, 1.54) is 12.1 Å². The summed E-state index contributed by atoms with van der Waals surface area (Å²) in [6.45, 7) is 1.95. The molecule has 0 amide bonds. The Morgan fingerprint density at radius 1 is 1.53 bits per heavy atom. The van der Waals surface area contributed by atoms with Crippen molar-refractivity contribution in [2.45, 2.75) is 23.5 Å². The summed E-state index contributed by atoms with van der Waals surface area (Å²) in [5.41, 5.74) is 0.0901. The molecule has 0 aliphatic heterocycles. The molecule has 1 aromatic rings. The van der Waals surface area contributed by atoms with E-state index in [1.54, 1.807) is 23.9 Å². The van der Waals surface area contributed by atoms with Gasteiger partial charge in [0.2, 0.25) is 0 Å². The summed E-state index contributed by atoms with van der Waals surface area (Å²) < 4.78 is 0. The van der Waals surface area contributed by atoms with Crippen molar-refractivity contribution in [2.24, 2.45) is 0 Å². The number of benzene rings is 1. The number of thioether (sulfide) groups is 1. The highest BCUT2D eigenvalue weighted by atomic mass is 32.2. The van der Waals surface area contributed by atoms with Gasteiger partial charge in [0.1, 0.15) is 0 Å². The van der Waals surface area contributed by atoms with Gasteiger partial charge >= 0.3 is 0 Å². The summed E-state index contributed by atoms with van der Waals surface area (Å²) >= 11 is 1.54. The average Bonchev–Trinajstić information content (AvgIpc) is 2.18. The second kappa shape index (κ2) is 5.37. The molecule has 0 saturated heterocycles. The number of nitrogens with zero attached hydrogens (tertiary/aromatic N) is 2. The normalized spacial score (nSPS) is 11.7. The maximum atomic E-state index is 10.4. The first-order valence-electron chi connectivity index (χ1n) is 4.41. The lowest BCUT2D eigenvalue weighted by Crippen LogP contribution is -1.93. The van der Waals surface area contributed by atoms with Crippen LogP contribution in [0.2, 0.25) is 0 Å². The van der Waals surface area contributed by atoms with Crippen LogP contribution < -0.4 is 0 Å². The summed E-state index contributed by atoms with van der Waals surface area (Å²) in [7, 11) is 0. The molecule has 1 rings (SSSR count). The lowest BCUT2D eigenvalue weighted by atomic mass is 10.3. The van der Waals surface area contributed by atoms with E-state index in [4.69, 9.17) is 5.26 Å². The number of nitro benzene ring substituents is 1. The Bertz CT molecular complexity index is 383. The lowest BCUT2D eigenvalue weighted by Gasteiger charge is -2.05. The van der Waals surface area contributed by atoms with Crippen molar-refractivity contribution in [3.05, 3.63) is 34.4 Å². The van der Waals surface area contributed by atoms with Gasteiger partial charge in [-0.05, 0) is 12.1 Å². The van der Waals surface area contributed by atoms with Crippen LogP contribution in [0.3, 0.4) is 0 Å². The van der Waals surface area contributed by atoms with Gasteiger partial charge in [0, 0.05) is 28.7 Å². The van der Waals surface area contributed by atoms with Crippen LogP contribution in [0.5, 0.6) is 0 Å². The fourth-order valence-corrected chi connectivity index (χ4v) is 1.96. The molecule has 0 aliphatic rings. The second-order valence-corrected chi connectivity index (χ2v) is 4.55. The molecule has 1 aromatic carbocycles. The molecule has 0 saturated carbocycles. The molecule has 5 heteroatoms. The number of nitro groups is 1. The van der Waals surface area contributed by atoms with Crippen molar-refractivity contribution in [1.29, 1.82) is 5.26 Å². The van der Waals surface area contributed by atoms with Crippen LogP contribution in [0, 0.1) is 21.4 Å². The highest BCUT2D eigenvalue weighted by molar-refractivity contribution is 7.99. The Kier molecular flexibility index (Phi) is 4.13. The molecule has 0 fully saturated rings. The molecule has 0 radical (unpaired) electrons. The average molecular weight is 222 g/mol. The standard InChI is InChI=1S/C10H10N2O2S/c1-8(6-7-11)15-10-4-2-9(3-5-10)12(13)14/h2-5,8H,6H2,1H3. The van der Waals surface area contributed by atoms with E-state index in [0.29, 0.717) is 6.42 Å². The summed E-state index contributed by atoms with van der Waals surface area (Å²) in [5.74, 6) is 0. The first-order valence-corrected chi connectivity index (χ1v) is 5.29. The minimum absolute atomic E-state index is 0.0901. The molecule has 15 heavy (non-hydrogen) atoms. The quantitative estimate of drug-likeness (QED) is 0.446. The Morgan fingerprint density at radius 2 is 2.13 bits per heavy atom. The number of nitriles is 1. The minimum atomic E-state index is -0.423. The molecule has 1 unspecified atom stereocenters. The van der Waals surface area contributed by atoms with Crippen LogP contribution in [0.4, 0.5) is 5.69 Å². The molecule has 0 spiro atoms. The van der Waals surface area contributed by atoms with Crippen molar-refractivity contribution in [1.82, 2.24) is 0 Å². The fraction of sp³-hybridized carbons (Fsp3) is 0.300. The molecule has 0 aromatic heterocycles. The summed E-state index contributed by atoms with van der Waals surface area (Å²) in [5, 5.41) is 19.1. The molecule has 0 bridgehead atoms. The molecular formula is C10H10N2O2S. The largest absolute Gasteiger partial charge is 0.269 e. The third-order valence-electron chi connectivity index (χ3n) is 1.76. The third-order valence-corrected chi connectivity index (χ3v) is 2.88. The van der Waals surface area contributed by atoms with Crippen molar-refractivity contribution in [2.75, 3.05) is 0 Å². The monoisotopic (exact) mass is 222 g/mol. The number of hydrogen-bond acceptors (Lipinski definition) is 4. The van der Waals surface area contributed by atoms with Crippen LogP contribution in [0.25, 0.3) is 0 Å². The van der Waals surface area contributed by atoms with Crippen molar-refractivity contribution in [3.63, 3.8) is 0 Å². The van der Waals surface area contributed by atoms with Gasteiger partial charge in [0.05, 0.1) is 11.0 Å². The Balaban J connectivity index is 2.65. The molecular weight excluding hydrogens is 212 g/mol. The van der Waals surface area contributed by atoms with Gasteiger partial charge in [-0.1, -0.05) is 6.92 Å². The zero-order valence-electron chi connectivity index (χ0n) is 8.21. The number of non-ortho nitro benzene ring substituents is 1. The zero-order valence-corrected chi connectivity index (χ0v) is 9.03. The van der Waals surface area contributed by atoms with Crippen molar-refractivity contribution in [3.8, 4) is 6.07 Å². The predicted octanol–water partition coefficient (Wildman–Crippen LogP) is 2.99. The minimum Gasteiger partial charge on any atom is -0.258 e. The molecule has 78 valence electrons. The van der Waals surface area contributed by atoms with Gasteiger partial charge in [-0.25, -0.2) is 0 Å². The molecule has 1 atom stereocenters. The molecule has 0 aliphatic carbocycles. The van der Waals surface area contributed by atoms with E-state index in [2.05, 4.69) is 6.07 Å². The van der Waals surface area contributed by atoms with Gasteiger partial charge in [-0.15, -0.1) is 11.8 Å². The highest BCUT2D eigenvalue weighted by Crippen LogP contribution is 2.26. The number of hydrogen-bond donors (Lipinski definition) is 0. The van der Waals surface area contributed by atoms with Gasteiger partial charge in [-0.2, -0.15) is 5.26 Å². The molecule has 0 heterocycles. The lowest BCUT2D eigenvalue weighted by molar-refractivity contribution is -0.384. The van der Waals surface area contributed by atoms with E-state index >= 15 is 0 Å². The van der Waals surface area contributed by atoms with E-state index < -0.39 is 4.92 Å². The SMILES string of the molecule is CC(CC#N)Sc1ccc([N+](=O)[O-])cc1. The van der Waals surface area contributed by atoms with Crippen molar-refractivity contribution >= 4 is 17.4 Å². The first-order chi connectivity index (χ1) is 7.13. The van der Waals surface area contributed by atoms with Crippen LogP contribution in [0.15, 0.2) is 29.2 Å². The fourth-order valence-electron chi connectivity index (χ4n) is 1.05. The van der Waals surface area contributed by atoms with Crippen LogP contribution in [0.1, 0.15) is 13.3 Å². The van der Waals surface area contributed by atoms with Crippen molar-refractivity contribution < 1.29 is 4.92 Å². The van der Waals surface area contributed by atoms with Gasteiger partial charge in [0.15, 0.2) is 0 Å². The van der Waals surface area contributed by atoms with Crippen LogP contribution in [-0.4, -0.2) is 10.2 Å². The second-order valence-electron chi connectivity index (χ2n) is 3.04. The Morgan fingerprint density at radius 3 is 2.60 bits per heavy atom. The Labute approximate surface area is 92.1 Å². The van der Waals surface area contributed by atoms with Gasteiger partial charge < -0.3 is 0 Å². The van der Waals surface area contributed by atoms with E-state index in [-0.39, 0.29) is 10.9 Å². The van der Waals surface area contributed by atoms with Crippen LogP contribution >= 0.6 is 11.8 Å². The smallest absolute Gasteiger partial charge is 0.258 e. The summed E-state index contributed by atoms with van der Waals surface area (Å²) in [4.78, 5) is 10.9.